The molecule has 0 aliphatic carbocycles. The van der Waals surface area contributed by atoms with E-state index in [9.17, 15) is 14.0 Å². The van der Waals surface area contributed by atoms with E-state index in [-0.39, 0.29) is 23.5 Å². The van der Waals surface area contributed by atoms with Crippen molar-refractivity contribution < 1.29 is 18.7 Å². The molecule has 2 rings (SSSR count). The fraction of sp³-hybridized carbons (Fsp3) is 0.550. The van der Waals surface area contributed by atoms with Gasteiger partial charge in [0, 0.05) is 32.1 Å². The first kappa shape index (κ1) is 21.5. The minimum atomic E-state index is -0.576. The van der Waals surface area contributed by atoms with Crippen LogP contribution in [0.3, 0.4) is 0 Å². The van der Waals surface area contributed by atoms with Gasteiger partial charge >= 0.3 is 6.09 Å². The van der Waals surface area contributed by atoms with E-state index in [2.05, 4.69) is 10.6 Å². The summed E-state index contributed by atoms with van der Waals surface area (Å²) in [7, 11) is 0. The molecule has 28 heavy (non-hydrogen) atoms. The number of anilines is 1. The lowest BCUT2D eigenvalue weighted by molar-refractivity contribution is -0.126. The van der Waals surface area contributed by atoms with Crippen molar-refractivity contribution in [2.24, 2.45) is 5.92 Å². The normalized spacial score (nSPS) is 14.9. The summed E-state index contributed by atoms with van der Waals surface area (Å²) in [5, 5.41) is 14.8. The number of ether oxygens (including phenoxy) is 1. The largest absolute Gasteiger partial charge is 0.444 e. The van der Waals surface area contributed by atoms with Gasteiger partial charge < -0.3 is 20.3 Å². The summed E-state index contributed by atoms with van der Waals surface area (Å²) in [5.41, 5.74) is -0.170. The standard InChI is InChI=1S/C20H27FN4O3/c1-20(2,3)28-19(27)25-11-7-14(8-12-25)18(26)24-10-9-23-17-6-4-5-16(21)15(17)13-22/h4-6,14,23H,7-12H2,1-3H3,(H,24,26). The molecule has 1 aliphatic heterocycles. The number of hydrogen-bond donors (Lipinski definition) is 2. The van der Waals surface area contributed by atoms with Crippen molar-refractivity contribution >= 4 is 17.7 Å². The second-order valence-electron chi connectivity index (χ2n) is 7.73. The summed E-state index contributed by atoms with van der Waals surface area (Å²) in [6, 6.07) is 6.20. The van der Waals surface area contributed by atoms with Gasteiger partial charge in [-0.2, -0.15) is 5.26 Å². The summed E-state index contributed by atoms with van der Waals surface area (Å²) in [6.07, 6.45) is 0.820. The molecule has 0 atom stereocenters. The zero-order valence-corrected chi connectivity index (χ0v) is 16.5. The highest BCUT2D eigenvalue weighted by atomic mass is 19.1. The van der Waals surface area contributed by atoms with E-state index < -0.39 is 11.4 Å². The summed E-state index contributed by atoms with van der Waals surface area (Å²) >= 11 is 0. The molecule has 1 fully saturated rings. The van der Waals surface area contributed by atoms with Gasteiger partial charge in [-0.1, -0.05) is 6.07 Å². The molecule has 0 aromatic heterocycles. The maximum Gasteiger partial charge on any atom is 0.410 e. The van der Waals surface area contributed by atoms with Crippen LogP contribution in [0, 0.1) is 23.1 Å². The fourth-order valence-electron chi connectivity index (χ4n) is 2.96. The third kappa shape index (κ3) is 6.12. The molecule has 0 spiro atoms. The Hall–Kier alpha value is -2.82. The minimum absolute atomic E-state index is 0.0386. The van der Waals surface area contributed by atoms with Gasteiger partial charge in [0.05, 0.1) is 5.69 Å². The van der Waals surface area contributed by atoms with Gasteiger partial charge in [-0.15, -0.1) is 0 Å². The molecule has 1 aromatic carbocycles. The molecule has 1 aliphatic rings. The lowest BCUT2D eigenvalue weighted by Gasteiger charge is -2.32. The van der Waals surface area contributed by atoms with Crippen LogP contribution in [0.2, 0.25) is 0 Å². The van der Waals surface area contributed by atoms with Crippen LogP contribution >= 0.6 is 0 Å². The topological polar surface area (TPSA) is 94.5 Å². The molecule has 8 heteroatoms. The van der Waals surface area contributed by atoms with E-state index in [0.29, 0.717) is 44.7 Å². The number of carbonyl (C=O) groups is 2. The van der Waals surface area contributed by atoms with Crippen molar-refractivity contribution in [1.82, 2.24) is 10.2 Å². The number of halogens is 1. The Balaban J connectivity index is 1.72. The van der Waals surface area contributed by atoms with Crippen LogP contribution in [0.5, 0.6) is 0 Å². The number of likely N-dealkylation sites (tertiary alicyclic amines) is 1. The Morgan fingerprint density at radius 3 is 2.57 bits per heavy atom. The fourth-order valence-corrected chi connectivity index (χ4v) is 2.96. The number of rotatable bonds is 5. The quantitative estimate of drug-likeness (QED) is 0.754. The highest BCUT2D eigenvalue weighted by Gasteiger charge is 2.29. The number of carbonyl (C=O) groups excluding carboxylic acids is 2. The van der Waals surface area contributed by atoms with Crippen molar-refractivity contribution in [1.29, 1.82) is 5.26 Å². The Morgan fingerprint density at radius 2 is 1.96 bits per heavy atom. The molecule has 0 unspecified atom stereocenters. The minimum Gasteiger partial charge on any atom is -0.444 e. The second-order valence-corrected chi connectivity index (χ2v) is 7.73. The van der Waals surface area contributed by atoms with E-state index in [1.165, 1.54) is 12.1 Å². The van der Waals surface area contributed by atoms with Gasteiger partial charge in [0.15, 0.2) is 0 Å². The second kappa shape index (κ2) is 9.40. The zero-order chi connectivity index (χ0) is 20.7. The monoisotopic (exact) mass is 390 g/mol. The van der Waals surface area contributed by atoms with E-state index in [1.54, 1.807) is 11.0 Å². The van der Waals surface area contributed by atoms with E-state index in [4.69, 9.17) is 10.00 Å². The average molecular weight is 390 g/mol. The predicted molar refractivity (Wildman–Crippen MR) is 103 cm³/mol. The van der Waals surface area contributed by atoms with E-state index in [0.717, 1.165) is 0 Å². The smallest absolute Gasteiger partial charge is 0.410 e. The van der Waals surface area contributed by atoms with Gasteiger partial charge in [0.25, 0.3) is 0 Å². The first-order chi connectivity index (χ1) is 13.2. The highest BCUT2D eigenvalue weighted by molar-refractivity contribution is 5.79. The van der Waals surface area contributed by atoms with Crippen molar-refractivity contribution in [2.45, 2.75) is 39.2 Å². The van der Waals surface area contributed by atoms with Crippen LogP contribution in [0.25, 0.3) is 0 Å². The zero-order valence-electron chi connectivity index (χ0n) is 16.5. The van der Waals surface area contributed by atoms with Gasteiger partial charge in [0.2, 0.25) is 5.91 Å². The molecule has 1 heterocycles. The maximum atomic E-state index is 13.5. The number of nitriles is 1. The van der Waals surface area contributed by atoms with Crippen molar-refractivity contribution in [2.75, 3.05) is 31.5 Å². The average Bonchev–Trinajstić information content (AvgIpc) is 2.64. The van der Waals surface area contributed by atoms with Gasteiger partial charge in [-0.25, -0.2) is 9.18 Å². The molecule has 1 saturated heterocycles. The highest BCUT2D eigenvalue weighted by Crippen LogP contribution is 2.20. The number of nitrogens with zero attached hydrogens (tertiary/aromatic N) is 2. The lowest BCUT2D eigenvalue weighted by atomic mass is 9.96. The molecule has 7 nitrogen and oxygen atoms in total. The maximum absolute atomic E-state index is 13.5. The van der Waals surface area contributed by atoms with Gasteiger partial charge in [-0.05, 0) is 45.7 Å². The van der Waals surface area contributed by atoms with Crippen LogP contribution in [0.15, 0.2) is 18.2 Å². The molecule has 152 valence electrons. The molecular weight excluding hydrogens is 363 g/mol. The van der Waals surface area contributed by atoms with E-state index >= 15 is 0 Å². The number of piperidine rings is 1. The Morgan fingerprint density at radius 1 is 1.29 bits per heavy atom. The van der Waals surface area contributed by atoms with Crippen LogP contribution in [0.1, 0.15) is 39.2 Å². The summed E-state index contributed by atoms with van der Waals surface area (Å²) < 4.78 is 18.9. The van der Waals surface area contributed by atoms with Crippen molar-refractivity contribution in [3.63, 3.8) is 0 Å². The molecular formula is C20H27FN4O3. The SMILES string of the molecule is CC(C)(C)OC(=O)N1CCC(C(=O)NCCNc2cccc(F)c2C#N)CC1. The molecule has 0 saturated carbocycles. The predicted octanol–water partition coefficient (Wildman–Crippen LogP) is 2.87. The third-order valence-electron chi connectivity index (χ3n) is 4.38. The molecule has 0 radical (unpaired) electrons. The number of nitrogens with one attached hydrogen (secondary N) is 2. The summed E-state index contributed by atoms with van der Waals surface area (Å²) in [6.45, 7) is 7.17. The molecule has 0 bridgehead atoms. The molecule has 2 N–H and O–H groups in total. The van der Waals surface area contributed by atoms with Gasteiger partial charge in [0.1, 0.15) is 23.1 Å². The van der Waals surface area contributed by atoms with Crippen LogP contribution in [0.4, 0.5) is 14.9 Å². The summed E-state index contributed by atoms with van der Waals surface area (Å²) in [4.78, 5) is 26.0. The van der Waals surface area contributed by atoms with E-state index in [1.807, 2.05) is 26.8 Å². The van der Waals surface area contributed by atoms with Crippen molar-refractivity contribution in [3.8, 4) is 6.07 Å². The van der Waals surface area contributed by atoms with Crippen LogP contribution in [-0.4, -0.2) is 48.7 Å². The lowest BCUT2D eigenvalue weighted by Crippen LogP contribution is -2.45. The Bertz CT molecular complexity index is 747. The Kier molecular flexibility index (Phi) is 7.21. The van der Waals surface area contributed by atoms with Crippen molar-refractivity contribution in [3.05, 3.63) is 29.6 Å². The van der Waals surface area contributed by atoms with Crippen LogP contribution < -0.4 is 10.6 Å². The number of benzene rings is 1. The number of hydrogen-bond acceptors (Lipinski definition) is 5. The summed E-state index contributed by atoms with van der Waals surface area (Å²) in [5.74, 6) is -0.791. The Labute approximate surface area is 164 Å². The molecule has 1 aromatic rings. The number of amides is 2. The third-order valence-corrected chi connectivity index (χ3v) is 4.38. The first-order valence-corrected chi connectivity index (χ1v) is 9.39. The van der Waals surface area contributed by atoms with Gasteiger partial charge in [-0.3, -0.25) is 4.79 Å². The molecule has 2 amide bonds. The first-order valence-electron chi connectivity index (χ1n) is 9.39. The van der Waals surface area contributed by atoms with Crippen LogP contribution in [-0.2, 0) is 9.53 Å².